The average Bonchev–Trinajstić information content (AvgIpc) is 2.76. The Balaban J connectivity index is 1.98. The lowest BCUT2D eigenvalue weighted by atomic mass is 10.2. The highest BCUT2D eigenvalue weighted by atomic mass is 32.2. The van der Waals surface area contributed by atoms with E-state index in [2.05, 4.69) is 10.2 Å². The number of aromatic nitrogens is 3. The summed E-state index contributed by atoms with van der Waals surface area (Å²) in [7, 11) is -3.37. The maximum Gasteiger partial charge on any atom is 0.264 e. The van der Waals surface area contributed by atoms with E-state index in [1.54, 1.807) is 4.80 Å². The summed E-state index contributed by atoms with van der Waals surface area (Å²) in [4.78, 5) is 1.59. The highest BCUT2D eigenvalue weighted by Gasteiger charge is 2.09. The van der Waals surface area contributed by atoms with Crippen LogP contribution in [0.1, 0.15) is 17.8 Å². The van der Waals surface area contributed by atoms with E-state index in [1.165, 1.54) is 0 Å². The minimum Gasteiger partial charge on any atom is -0.270 e. The summed E-state index contributed by atoms with van der Waals surface area (Å²) < 4.78 is 26.4. The van der Waals surface area contributed by atoms with Crippen molar-refractivity contribution in [1.29, 1.82) is 0 Å². The van der Waals surface area contributed by atoms with Crippen LogP contribution in [-0.2, 0) is 20.7 Å². The van der Waals surface area contributed by atoms with Crippen molar-refractivity contribution in [2.24, 2.45) is 0 Å². The first kappa shape index (κ1) is 14.7. The van der Waals surface area contributed by atoms with Crippen LogP contribution in [0.5, 0.6) is 0 Å². The first-order valence-electron chi connectivity index (χ1n) is 6.28. The van der Waals surface area contributed by atoms with Gasteiger partial charge in [0, 0.05) is 0 Å². The van der Waals surface area contributed by atoms with Gasteiger partial charge in [-0.15, -0.1) is 0 Å². The second-order valence-corrected chi connectivity index (χ2v) is 6.13. The van der Waals surface area contributed by atoms with Gasteiger partial charge in [-0.3, -0.25) is 4.18 Å². The van der Waals surface area contributed by atoms with Crippen molar-refractivity contribution in [3.8, 4) is 5.69 Å². The Morgan fingerprint density at radius 3 is 2.55 bits per heavy atom. The van der Waals surface area contributed by atoms with E-state index >= 15 is 0 Å². The Labute approximate surface area is 118 Å². The van der Waals surface area contributed by atoms with Gasteiger partial charge in [-0.05, 0) is 31.9 Å². The molecule has 1 heterocycles. The Bertz CT molecular complexity index is 665. The second-order valence-electron chi connectivity index (χ2n) is 4.49. The van der Waals surface area contributed by atoms with Crippen LogP contribution in [0.4, 0.5) is 0 Å². The second kappa shape index (κ2) is 6.15. The van der Waals surface area contributed by atoms with Gasteiger partial charge in [0.2, 0.25) is 0 Å². The molecule has 0 radical (unpaired) electrons. The zero-order valence-corrected chi connectivity index (χ0v) is 12.3. The normalized spacial score (nSPS) is 11.7. The molecule has 2 rings (SSSR count). The molecule has 0 aliphatic carbocycles. The highest BCUT2D eigenvalue weighted by Crippen LogP contribution is 2.09. The van der Waals surface area contributed by atoms with Crippen LogP contribution >= 0.6 is 0 Å². The molecule has 0 unspecified atom stereocenters. The zero-order valence-electron chi connectivity index (χ0n) is 11.5. The van der Waals surface area contributed by atoms with Crippen LogP contribution in [0.15, 0.2) is 30.3 Å². The molecule has 0 atom stereocenters. The number of aryl methyl sites for hydroxylation is 2. The topological polar surface area (TPSA) is 74.1 Å². The predicted molar refractivity (Wildman–Crippen MR) is 75.2 cm³/mol. The molecule has 0 N–H and O–H groups in total. The van der Waals surface area contributed by atoms with Crippen molar-refractivity contribution in [2.45, 2.75) is 19.8 Å². The van der Waals surface area contributed by atoms with E-state index < -0.39 is 10.1 Å². The summed E-state index contributed by atoms with van der Waals surface area (Å²) in [6, 6.07) is 9.64. The molecule has 0 fully saturated rings. The van der Waals surface area contributed by atoms with E-state index in [4.69, 9.17) is 4.18 Å². The van der Waals surface area contributed by atoms with Crippen molar-refractivity contribution in [2.75, 3.05) is 12.9 Å². The van der Waals surface area contributed by atoms with Gasteiger partial charge in [0.1, 0.15) is 0 Å². The zero-order chi connectivity index (χ0) is 14.6. The summed E-state index contributed by atoms with van der Waals surface area (Å²) in [6.45, 7) is 2.05. The number of para-hydroxylation sites is 1. The third kappa shape index (κ3) is 4.14. The maximum atomic E-state index is 10.8. The Hall–Kier alpha value is -1.73. The standard InChI is InChI=1S/C13H17N3O3S/c1-11-13(9-6-10-19-20(2,17)18)15-16(14-11)12-7-4-3-5-8-12/h3-5,7-8H,6,9-10H2,1-2H3. The van der Waals surface area contributed by atoms with Crippen LogP contribution < -0.4 is 0 Å². The lowest BCUT2D eigenvalue weighted by Gasteiger charge is -2.00. The molecule has 7 heteroatoms. The van der Waals surface area contributed by atoms with E-state index in [9.17, 15) is 8.42 Å². The smallest absolute Gasteiger partial charge is 0.264 e. The quantitative estimate of drug-likeness (QED) is 0.596. The molecule has 6 nitrogen and oxygen atoms in total. The molecule has 0 saturated carbocycles. The van der Waals surface area contributed by atoms with Crippen molar-refractivity contribution in [3.05, 3.63) is 41.7 Å². The Morgan fingerprint density at radius 1 is 1.20 bits per heavy atom. The van der Waals surface area contributed by atoms with Gasteiger partial charge in [-0.25, -0.2) is 0 Å². The van der Waals surface area contributed by atoms with Crippen molar-refractivity contribution in [3.63, 3.8) is 0 Å². The van der Waals surface area contributed by atoms with Gasteiger partial charge in [-0.2, -0.15) is 23.4 Å². The van der Waals surface area contributed by atoms with Crippen LogP contribution in [0, 0.1) is 6.92 Å². The van der Waals surface area contributed by atoms with Crippen molar-refractivity contribution >= 4 is 10.1 Å². The third-order valence-electron chi connectivity index (χ3n) is 2.72. The van der Waals surface area contributed by atoms with E-state index in [0.717, 1.165) is 23.3 Å². The SMILES string of the molecule is Cc1nn(-c2ccccc2)nc1CCCOS(C)(=O)=O. The average molecular weight is 295 g/mol. The molecular formula is C13H17N3O3S. The fourth-order valence-electron chi connectivity index (χ4n) is 1.77. The molecule has 0 spiro atoms. The summed E-state index contributed by atoms with van der Waals surface area (Å²) in [5.41, 5.74) is 2.59. The van der Waals surface area contributed by atoms with Gasteiger partial charge in [0.25, 0.3) is 10.1 Å². The van der Waals surface area contributed by atoms with Crippen LogP contribution in [0.2, 0.25) is 0 Å². The van der Waals surface area contributed by atoms with Gasteiger partial charge < -0.3 is 0 Å². The van der Waals surface area contributed by atoms with Gasteiger partial charge >= 0.3 is 0 Å². The molecule has 1 aromatic heterocycles. The largest absolute Gasteiger partial charge is 0.270 e. The fourth-order valence-corrected chi connectivity index (χ4v) is 2.19. The summed E-state index contributed by atoms with van der Waals surface area (Å²) in [5.74, 6) is 0. The van der Waals surface area contributed by atoms with E-state index in [1.807, 2.05) is 37.3 Å². The van der Waals surface area contributed by atoms with E-state index in [0.29, 0.717) is 12.8 Å². The highest BCUT2D eigenvalue weighted by molar-refractivity contribution is 7.85. The molecule has 108 valence electrons. The van der Waals surface area contributed by atoms with Gasteiger partial charge in [0.05, 0.1) is 29.9 Å². The summed E-state index contributed by atoms with van der Waals surface area (Å²) in [6.07, 6.45) is 2.26. The van der Waals surface area contributed by atoms with Gasteiger partial charge in [-0.1, -0.05) is 18.2 Å². The Kier molecular flexibility index (Phi) is 4.51. The van der Waals surface area contributed by atoms with Crippen LogP contribution in [0.3, 0.4) is 0 Å². The summed E-state index contributed by atoms with van der Waals surface area (Å²) in [5, 5.41) is 8.77. The fraction of sp³-hybridized carbons (Fsp3) is 0.385. The predicted octanol–water partition coefficient (Wildman–Crippen LogP) is 1.48. The molecule has 0 bridgehead atoms. The molecular weight excluding hydrogens is 278 g/mol. The third-order valence-corrected chi connectivity index (χ3v) is 3.32. The van der Waals surface area contributed by atoms with Crippen LogP contribution in [0.25, 0.3) is 5.69 Å². The van der Waals surface area contributed by atoms with E-state index in [-0.39, 0.29) is 6.61 Å². The lowest BCUT2D eigenvalue weighted by Crippen LogP contribution is -2.05. The molecule has 2 aromatic rings. The minimum atomic E-state index is -3.37. The molecule has 20 heavy (non-hydrogen) atoms. The first-order chi connectivity index (χ1) is 9.46. The monoisotopic (exact) mass is 295 g/mol. The number of nitrogens with zero attached hydrogens (tertiary/aromatic N) is 3. The van der Waals surface area contributed by atoms with Crippen molar-refractivity contribution in [1.82, 2.24) is 15.0 Å². The molecule has 0 aliphatic rings. The van der Waals surface area contributed by atoms with Crippen molar-refractivity contribution < 1.29 is 12.6 Å². The molecule has 1 aromatic carbocycles. The van der Waals surface area contributed by atoms with Crippen LogP contribution in [-0.4, -0.2) is 36.3 Å². The lowest BCUT2D eigenvalue weighted by molar-refractivity contribution is 0.315. The van der Waals surface area contributed by atoms with Gasteiger partial charge in [0.15, 0.2) is 0 Å². The summed E-state index contributed by atoms with van der Waals surface area (Å²) >= 11 is 0. The minimum absolute atomic E-state index is 0.163. The maximum absolute atomic E-state index is 10.8. The first-order valence-corrected chi connectivity index (χ1v) is 8.10. The molecule has 0 amide bonds. The number of benzene rings is 1. The molecule has 0 aliphatic heterocycles. The number of rotatable bonds is 6. The number of hydrogen-bond donors (Lipinski definition) is 0. The molecule has 0 saturated heterocycles. The Morgan fingerprint density at radius 2 is 1.90 bits per heavy atom. The number of hydrogen-bond acceptors (Lipinski definition) is 5.